The molecule has 2 unspecified atom stereocenters. The van der Waals surface area contributed by atoms with E-state index in [1.54, 1.807) is 0 Å². The minimum absolute atomic E-state index is 0.00722. The molecular weight excluding hydrogens is 310 g/mol. The molecule has 0 spiro atoms. The van der Waals surface area contributed by atoms with Crippen molar-refractivity contribution in [1.29, 1.82) is 0 Å². The third kappa shape index (κ3) is 3.04. The predicted molar refractivity (Wildman–Crippen MR) is 83.8 cm³/mol. The standard InChI is InChI=1S/C14H20ClN3O2S/c15-11-5-4-10(9-12(11)16)21(19,20)17-13-6-8-18-7-2-1-3-14(13)18/h4-5,9,13-14,17H,1-3,6-8,16H2. The summed E-state index contributed by atoms with van der Waals surface area (Å²) >= 11 is 5.85. The number of hydrogen-bond donors (Lipinski definition) is 2. The van der Waals surface area contributed by atoms with Crippen molar-refractivity contribution < 1.29 is 8.42 Å². The second-order valence-electron chi connectivity index (χ2n) is 5.80. The fourth-order valence-electron chi connectivity index (χ4n) is 3.34. The number of rotatable bonds is 3. The van der Waals surface area contributed by atoms with Crippen LogP contribution in [-0.2, 0) is 10.0 Å². The summed E-state index contributed by atoms with van der Waals surface area (Å²) in [7, 11) is -3.55. The van der Waals surface area contributed by atoms with Gasteiger partial charge in [0, 0.05) is 18.6 Å². The van der Waals surface area contributed by atoms with E-state index in [9.17, 15) is 8.42 Å². The number of nitrogens with zero attached hydrogens (tertiary/aromatic N) is 1. The number of piperidine rings is 1. The Kier molecular flexibility index (Phi) is 4.14. The van der Waals surface area contributed by atoms with Crippen molar-refractivity contribution in [3.8, 4) is 0 Å². The highest BCUT2D eigenvalue weighted by Crippen LogP contribution is 2.29. The molecular formula is C14H20ClN3O2S. The number of nitrogens with two attached hydrogens (primary N) is 1. The molecule has 0 aromatic heterocycles. The van der Waals surface area contributed by atoms with Crippen LogP contribution in [0.15, 0.2) is 23.1 Å². The van der Waals surface area contributed by atoms with Crippen LogP contribution in [0.4, 0.5) is 5.69 Å². The third-order valence-electron chi connectivity index (χ3n) is 4.44. The van der Waals surface area contributed by atoms with Gasteiger partial charge < -0.3 is 5.73 Å². The summed E-state index contributed by atoms with van der Waals surface area (Å²) in [5, 5.41) is 0.369. The van der Waals surface area contributed by atoms with Crippen LogP contribution in [0.2, 0.25) is 5.02 Å². The van der Waals surface area contributed by atoms with Crippen LogP contribution in [0.25, 0.3) is 0 Å². The predicted octanol–water partition coefficient (Wildman–Crippen LogP) is 1.83. The molecule has 2 aliphatic rings. The Morgan fingerprint density at radius 2 is 2.05 bits per heavy atom. The number of nitrogens with one attached hydrogen (secondary N) is 1. The average Bonchev–Trinajstić information content (AvgIpc) is 2.85. The highest BCUT2D eigenvalue weighted by Gasteiger charge is 2.37. The first kappa shape index (κ1) is 15.1. The maximum atomic E-state index is 12.5. The lowest BCUT2D eigenvalue weighted by Gasteiger charge is -2.32. The van der Waals surface area contributed by atoms with Crippen molar-refractivity contribution in [3.05, 3.63) is 23.2 Å². The summed E-state index contributed by atoms with van der Waals surface area (Å²) < 4.78 is 27.8. The Hall–Kier alpha value is -0.820. The molecule has 0 bridgehead atoms. The zero-order valence-electron chi connectivity index (χ0n) is 11.8. The summed E-state index contributed by atoms with van der Waals surface area (Å²) in [6.07, 6.45) is 4.32. The van der Waals surface area contributed by atoms with Gasteiger partial charge in [-0.2, -0.15) is 0 Å². The van der Waals surface area contributed by atoms with E-state index >= 15 is 0 Å². The quantitative estimate of drug-likeness (QED) is 0.830. The van der Waals surface area contributed by atoms with Gasteiger partial charge in [0.05, 0.1) is 15.6 Å². The molecule has 2 saturated heterocycles. The van der Waals surface area contributed by atoms with E-state index in [0.29, 0.717) is 11.1 Å². The summed E-state index contributed by atoms with van der Waals surface area (Å²) in [5.41, 5.74) is 5.98. The molecule has 0 amide bonds. The van der Waals surface area contributed by atoms with Crippen LogP contribution in [-0.4, -0.2) is 38.5 Å². The Morgan fingerprint density at radius 1 is 1.24 bits per heavy atom. The lowest BCUT2D eigenvalue weighted by atomic mass is 10.00. The zero-order valence-corrected chi connectivity index (χ0v) is 13.3. The number of halogens is 1. The Morgan fingerprint density at radius 3 is 2.81 bits per heavy atom. The molecule has 3 rings (SSSR count). The largest absolute Gasteiger partial charge is 0.397 e. The summed E-state index contributed by atoms with van der Waals surface area (Å²) in [5.74, 6) is 0. The number of hydrogen-bond acceptors (Lipinski definition) is 4. The summed E-state index contributed by atoms with van der Waals surface area (Å²) in [6.45, 7) is 2.05. The van der Waals surface area contributed by atoms with E-state index in [1.165, 1.54) is 31.0 Å². The maximum Gasteiger partial charge on any atom is 0.240 e. The topological polar surface area (TPSA) is 75.4 Å². The molecule has 5 nitrogen and oxygen atoms in total. The van der Waals surface area contributed by atoms with Gasteiger partial charge in [-0.25, -0.2) is 13.1 Å². The Balaban J connectivity index is 1.78. The molecule has 0 saturated carbocycles. The van der Waals surface area contributed by atoms with Crippen molar-refractivity contribution in [3.63, 3.8) is 0 Å². The SMILES string of the molecule is Nc1cc(S(=O)(=O)NC2CCN3CCCCC23)ccc1Cl. The van der Waals surface area contributed by atoms with E-state index in [2.05, 4.69) is 9.62 Å². The molecule has 7 heteroatoms. The monoisotopic (exact) mass is 329 g/mol. The third-order valence-corrected chi connectivity index (χ3v) is 6.27. The molecule has 2 heterocycles. The second kappa shape index (κ2) is 5.76. The number of nitrogen functional groups attached to an aromatic ring is 1. The number of anilines is 1. The van der Waals surface area contributed by atoms with Crippen molar-refractivity contribution in [2.24, 2.45) is 0 Å². The zero-order chi connectivity index (χ0) is 15.0. The molecule has 1 aromatic carbocycles. The molecule has 0 aliphatic carbocycles. The molecule has 2 aliphatic heterocycles. The van der Waals surface area contributed by atoms with Crippen LogP contribution in [0, 0.1) is 0 Å². The maximum absolute atomic E-state index is 12.5. The Bertz CT molecular complexity index is 635. The molecule has 1 aromatic rings. The van der Waals surface area contributed by atoms with Crippen LogP contribution in [0.5, 0.6) is 0 Å². The highest BCUT2D eigenvalue weighted by molar-refractivity contribution is 7.89. The summed E-state index contributed by atoms with van der Waals surface area (Å²) in [6, 6.07) is 4.75. The molecule has 2 atom stereocenters. The van der Waals surface area contributed by atoms with Gasteiger partial charge in [0.1, 0.15) is 0 Å². The second-order valence-corrected chi connectivity index (χ2v) is 7.92. The van der Waals surface area contributed by atoms with Crippen molar-refractivity contribution >= 4 is 27.3 Å². The van der Waals surface area contributed by atoms with Gasteiger partial charge in [-0.15, -0.1) is 0 Å². The van der Waals surface area contributed by atoms with Gasteiger partial charge in [-0.3, -0.25) is 4.90 Å². The van der Waals surface area contributed by atoms with E-state index in [4.69, 9.17) is 17.3 Å². The van der Waals surface area contributed by atoms with Gasteiger partial charge in [0.2, 0.25) is 10.0 Å². The van der Waals surface area contributed by atoms with Crippen LogP contribution < -0.4 is 10.5 Å². The molecule has 116 valence electrons. The normalized spacial score (nSPS) is 26.7. The smallest absolute Gasteiger partial charge is 0.240 e. The fourth-order valence-corrected chi connectivity index (χ4v) is 4.80. The average molecular weight is 330 g/mol. The number of fused-ring (bicyclic) bond motifs is 1. The molecule has 3 N–H and O–H groups in total. The van der Waals surface area contributed by atoms with Crippen molar-refractivity contribution in [1.82, 2.24) is 9.62 Å². The van der Waals surface area contributed by atoms with Gasteiger partial charge in [-0.05, 0) is 44.0 Å². The van der Waals surface area contributed by atoms with E-state index in [1.807, 2.05) is 0 Å². The number of sulfonamides is 1. The van der Waals surface area contributed by atoms with Crippen molar-refractivity contribution in [2.45, 2.75) is 42.7 Å². The minimum atomic E-state index is -3.55. The van der Waals surface area contributed by atoms with Crippen LogP contribution in [0.3, 0.4) is 0 Å². The van der Waals surface area contributed by atoms with E-state index in [-0.39, 0.29) is 16.6 Å². The lowest BCUT2D eigenvalue weighted by Crippen LogP contribution is -2.46. The minimum Gasteiger partial charge on any atom is -0.397 e. The fraction of sp³-hybridized carbons (Fsp3) is 0.571. The van der Waals surface area contributed by atoms with Crippen LogP contribution in [0.1, 0.15) is 25.7 Å². The van der Waals surface area contributed by atoms with Gasteiger partial charge in [0.25, 0.3) is 0 Å². The Labute approximate surface area is 130 Å². The van der Waals surface area contributed by atoms with Gasteiger partial charge in [-0.1, -0.05) is 18.0 Å². The van der Waals surface area contributed by atoms with Gasteiger partial charge >= 0.3 is 0 Å². The highest BCUT2D eigenvalue weighted by atomic mass is 35.5. The van der Waals surface area contributed by atoms with E-state index in [0.717, 1.165) is 25.9 Å². The molecule has 21 heavy (non-hydrogen) atoms. The first-order chi connectivity index (χ1) is 9.97. The first-order valence-electron chi connectivity index (χ1n) is 7.29. The number of benzene rings is 1. The lowest BCUT2D eigenvalue weighted by molar-refractivity contribution is 0.186. The first-order valence-corrected chi connectivity index (χ1v) is 9.15. The van der Waals surface area contributed by atoms with Gasteiger partial charge in [0.15, 0.2) is 0 Å². The van der Waals surface area contributed by atoms with Crippen molar-refractivity contribution in [2.75, 3.05) is 18.8 Å². The molecule has 2 fully saturated rings. The van der Waals surface area contributed by atoms with E-state index < -0.39 is 10.0 Å². The van der Waals surface area contributed by atoms with Crippen LogP contribution >= 0.6 is 11.6 Å². The molecule has 0 radical (unpaired) electrons. The summed E-state index contributed by atoms with van der Waals surface area (Å²) in [4.78, 5) is 2.58.